The summed E-state index contributed by atoms with van der Waals surface area (Å²) in [5.41, 5.74) is 14.1. The van der Waals surface area contributed by atoms with Gasteiger partial charge >= 0.3 is 0 Å². The van der Waals surface area contributed by atoms with E-state index in [9.17, 15) is 0 Å². The lowest BCUT2D eigenvalue weighted by molar-refractivity contribution is 0.00732. The summed E-state index contributed by atoms with van der Waals surface area (Å²) in [6.45, 7) is 2.86. The molecule has 0 aromatic carbocycles. The number of nitrogens with zero attached hydrogens (tertiary/aromatic N) is 1. The van der Waals surface area contributed by atoms with Gasteiger partial charge in [-0.15, -0.1) is 0 Å². The first kappa shape index (κ1) is 12.3. The van der Waals surface area contributed by atoms with Crippen LogP contribution >= 0.6 is 0 Å². The summed E-state index contributed by atoms with van der Waals surface area (Å²) < 4.78 is 5.70. The Morgan fingerprint density at radius 1 is 1.53 bits per heavy atom. The number of nitrogens with two attached hydrogens (primary N) is 2. The Balaban J connectivity index is 2.02. The van der Waals surface area contributed by atoms with E-state index in [1.165, 1.54) is 12.8 Å². The van der Waals surface area contributed by atoms with Gasteiger partial charge in [0, 0.05) is 24.4 Å². The molecule has 2 atom stereocenters. The monoisotopic (exact) mass is 235 g/mol. The standard InChI is InChI=1S/C13H21N3O/c1-9-6-11(13(15)16-8-9)12(14)7-10-4-2-3-5-17-10/h6,8,10,12H,2-5,7,14H2,1H3,(H2,15,16). The molecule has 1 aromatic rings. The van der Waals surface area contributed by atoms with Gasteiger partial charge in [-0.2, -0.15) is 0 Å². The van der Waals surface area contributed by atoms with Crippen LogP contribution in [0, 0.1) is 6.92 Å². The van der Waals surface area contributed by atoms with Crippen molar-refractivity contribution in [3.05, 3.63) is 23.4 Å². The molecule has 0 radical (unpaired) electrons. The Labute approximate surface area is 102 Å². The van der Waals surface area contributed by atoms with E-state index in [2.05, 4.69) is 4.98 Å². The first-order valence-electron chi connectivity index (χ1n) is 6.26. The van der Waals surface area contributed by atoms with Gasteiger partial charge in [-0.1, -0.05) is 0 Å². The van der Waals surface area contributed by atoms with Crippen molar-refractivity contribution in [1.29, 1.82) is 0 Å². The fourth-order valence-electron chi connectivity index (χ4n) is 2.30. The second kappa shape index (κ2) is 5.47. The molecule has 2 rings (SSSR count). The molecule has 4 N–H and O–H groups in total. The van der Waals surface area contributed by atoms with Crippen LogP contribution in [0.1, 0.15) is 42.9 Å². The molecule has 2 unspecified atom stereocenters. The van der Waals surface area contributed by atoms with Crippen LogP contribution in [0.3, 0.4) is 0 Å². The van der Waals surface area contributed by atoms with E-state index in [4.69, 9.17) is 16.2 Å². The third-order valence-electron chi connectivity index (χ3n) is 3.28. The number of ether oxygens (including phenoxy) is 1. The third kappa shape index (κ3) is 3.17. The average molecular weight is 235 g/mol. The van der Waals surface area contributed by atoms with E-state index in [1.54, 1.807) is 6.20 Å². The van der Waals surface area contributed by atoms with Crippen molar-refractivity contribution >= 4 is 5.82 Å². The highest BCUT2D eigenvalue weighted by atomic mass is 16.5. The highest BCUT2D eigenvalue weighted by Crippen LogP contribution is 2.26. The SMILES string of the molecule is Cc1cnc(N)c(C(N)CC2CCCCO2)c1. The van der Waals surface area contributed by atoms with Crippen LogP contribution in [-0.2, 0) is 4.74 Å². The molecule has 0 amide bonds. The number of pyridine rings is 1. The molecular weight excluding hydrogens is 214 g/mol. The first-order valence-corrected chi connectivity index (χ1v) is 6.26. The summed E-state index contributed by atoms with van der Waals surface area (Å²) in [5.74, 6) is 0.541. The van der Waals surface area contributed by atoms with Crippen molar-refractivity contribution in [1.82, 2.24) is 4.98 Å². The molecule has 2 heterocycles. The van der Waals surface area contributed by atoms with Gasteiger partial charge in [-0.25, -0.2) is 4.98 Å². The Morgan fingerprint density at radius 3 is 3.06 bits per heavy atom. The first-order chi connectivity index (χ1) is 8.16. The number of anilines is 1. The van der Waals surface area contributed by atoms with Gasteiger partial charge in [0.2, 0.25) is 0 Å². The molecule has 1 aromatic heterocycles. The van der Waals surface area contributed by atoms with Crippen LogP contribution in [0.4, 0.5) is 5.82 Å². The highest BCUT2D eigenvalue weighted by Gasteiger charge is 2.20. The molecule has 0 saturated carbocycles. The maximum Gasteiger partial charge on any atom is 0.128 e. The van der Waals surface area contributed by atoms with Gasteiger partial charge in [-0.3, -0.25) is 0 Å². The maximum atomic E-state index is 6.20. The normalized spacial score (nSPS) is 22.4. The fourth-order valence-corrected chi connectivity index (χ4v) is 2.30. The minimum Gasteiger partial charge on any atom is -0.383 e. The molecule has 0 spiro atoms. The molecule has 4 nitrogen and oxygen atoms in total. The van der Waals surface area contributed by atoms with Crippen molar-refractivity contribution in [2.75, 3.05) is 12.3 Å². The summed E-state index contributed by atoms with van der Waals surface area (Å²) in [7, 11) is 0. The van der Waals surface area contributed by atoms with Gasteiger partial charge in [0.15, 0.2) is 0 Å². The zero-order valence-corrected chi connectivity index (χ0v) is 10.4. The number of aromatic nitrogens is 1. The molecule has 0 aliphatic carbocycles. The van der Waals surface area contributed by atoms with Gasteiger partial charge in [-0.05, 0) is 44.2 Å². The zero-order chi connectivity index (χ0) is 12.3. The summed E-state index contributed by atoms with van der Waals surface area (Å²) in [4.78, 5) is 4.15. The largest absolute Gasteiger partial charge is 0.383 e. The topological polar surface area (TPSA) is 74.2 Å². The molecule has 0 bridgehead atoms. The van der Waals surface area contributed by atoms with Crippen molar-refractivity contribution in [2.45, 2.75) is 44.8 Å². The summed E-state index contributed by atoms with van der Waals surface area (Å²) in [6.07, 6.45) is 6.38. The van der Waals surface area contributed by atoms with E-state index in [0.29, 0.717) is 5.82 Å². The lowest BCUT2D eigenvalue weighted by atomic mass is 9.97. The summed E-state index contributed by atoms with van der Waals surface area (Å²) >= 11 is 0. The molecule has 1 fully saturated rings. The molecular formula is C13H21N3O. The predicted molar refractivity (Wildman–Crippen MR) is 68.5 cm³/mol. The predicted octanol–water partition coefficient (Wildman–Crippen LogP) is 1.93. The van der Waals surface area contributed by atoms with Crippen molar-refractivity contribution < 1.29 is 4.74 Å². The van der Waals surface area contributed by atoms with Crippen LogP contribution in [0.2, 0.25) is 0 Å². The van der Waals surface area contributed by atoms with Crippen LogP contribution < -0.4 is 11.5 Å². The van der Waals surface area contributed by atoms with E-state index in [0.717, 1.165) is 30.6 Å². The molecule has 1 saturated heterocycles. The lowest BCUT2D eigenvalue weighted by Gasteiger charge is -2.25. The number of nitrogen functional groups attached to an aromatic ring is 1. The number of rotatable bonds is 3. The Hall–Kier alpha value is -1.13. The maximum absolute atomic E-state index is 6.20. The Kier molecular flexibility index (Phi) is 3.97. The van der Waals surface area contributed by atoms with E-state index >= 15 is 0 Å². The van der Waals surface area contributed by atoms with Crippen LogP contribution in [0.25, 0.3) is 0 Å². The molecule has 94 valence electrons. The van der Waals surface area contributed by atoms with Crippen LogP contribution in [0.5, 0.6) is 0 Å². The number of hydrogen-bond donors (Lipinski definition) is 2. The fraction of sp³-hybridized carbons (Fsp3) is 0.615. The quantitative estimate of drug-likeness (QED) is 0.839. The van der Waals surface area contributed by atoms with Crippen molar-refractivity contribution in [3.8, 4) is 0 Å². The van der Waals surface area contributed by atoms with Gasteiger partial charge in [0.25, 0.3) is 0 Å². The van der Waals surface area contributed by atoms with Crippen molar-refractivity contribution in [3.63, 3.8) is 0 Å². The second-order valence-electron chi connectivity index (χ2n) is 4.82. The lowest BCUT2D eigenvalue weighted by Crippen LogP contribution is -2.25. The highest BCUT2D eigenvalue weighted by molar-refractivity contribution is 5.42. The third-order valence-corrected chi connectivity index (χ3v) is 3.28. The van der Waals surface area contributed by atoms with Gasteiger partial charge in [0.1, 0.15) is 5.82 Å². The van der Waals surface area contributed by atoms with Crippen LogP contribution in [0.15, 0.2) is 12.3 Å². The average Bonchev–Trinajstić information content (AvgIpc) is 2.33. The smallest absolute Gasteiger partial charge is 0.128 e. The van der Waals surface area contributed by atoms with Crippen molar-refractivity contribution in [2.24, 2.45) is 5.73 Å². The van der Waals surface area contributed by atoms with Gasteiger partial charge < -0.3 is 16.2 Å². The number of aryl methyl sites for hydroxylation is 1. The zero-order valence-electron chi connectivity index (χ0n) is 10.4. The minimum absolute atomic E-state index is 0.0782. The Morgan fingerprint density at radius 2 is 2.35 bits per heavy atom. The molecule has 1 aliphatic heterocycles. The molecule has 17 heavy (non-hydrogen) atoms. The second-order valence-corrected chi connectivity index (χ2v) is 4.82. The van der Waals surface area contributed by atoms with E-state index in [1.807, 2.05) is 13.0 Å². The molecule has 4 heteroatoms. The summed E-state index contributed by atoms with van der Waals surface area (Å²) in [5, 5.41) is 0. The van der Waals surface area contributed by atoms with Gasteiger partial charge in [0.05, 0.1) is 6.10 Å². The van der Waals surface area contributed by atoms with Crippen LogP contribution in [-0.4, -0.2) is 17.7 Å². The Bertz CT molecular complexity index is 375. The van der Waals surface area contributed by atoms with E-state index < -0.39 is 0 Å². The molecule has 1 aliphatic rings. The number of hydrogen-bond acceptors (Lipinski definition) is 4. The van der Waals surface area contributed by atoms with E-state index in [-0.39, 0.29) is 12.1 Å². The minimum atomic E-state index is -0.0782. The summed E-state index contributed by atoms with van der Waals surface area (Å²) in [6, 6.07) is 1.95.